The number of nitrogens with zero attached hydrogens (tertiary/aromatic N) is 4. The van der Waals surface area contributed by atoms with Gasteiger partial charge in [-0.2, -0.15) is 0 Å². The Hall–Kier alpha value is -2.49. The summed E-state index contributed by atoms with van der Waals surface area (Å²) in [6.45, 7) is 8.55. The number of fused-ring (bicyclic) bond motifs is 1. The quantitative estimate of drug-likeness (QED) is 0.586. The van der Waals surface area contributed by atoms with Crippen LogP contribution in [0.3, 0.4) is 0 Å². The van der Waals surface area contributed by atoms with Crippen molar-refractivity contribution in [1.29, 1.82) is 0 Å². The molecular weight excluding hydrogens is 272 g/mol. The van der Waals surface area contributed by atoms with Crippen LogP contribution >= 0.6 is 0 Å². The maximum absolute atomic E-state index is 4.48. The topological polar surface area (TPSA) is 42.0 Å². The Labute approximate surface area is 130 Å². The van der Waals surface area contributed by atoms with E-state index in [9.17, 15) is 0 Å². The van der Waals surface area contributed by atoms with Crippen LogP contribution in [0.2, 0.25) is 0 Å². The fraction of sp³-hybridized carbons (Fsp3) is 0.278. The van der Waals surface area contributed by atoms with Gasteiger partial charge in [-0.15, -0.1) is 10.2 Å². The molecule has 4 heteroatoms. The molecule has 0 unspecified atom stereocenters. The number of pyridine rings is 1. The summed E-state index contributed by atoms with van der Waals surface area (Å²) in [4.78, 5) is 4.48. The molecule has 0 aliphatic heterocycles. The molecule has 0 bridgehead atoms. The molecule has 1 aromatic carbocycles. The van der Waals surface area contributed by atoms with E-state index in [1.165, 1.54) is 5.56 Å². The van der Waals surface area contributed by atoms with Crippen molar-refractivity contribution in [2.45, 2.75) is 33.1 Å². The maximum atomic E-state index is 4.48. The number of azo groups is 1. The maximum Gasteiger partial charge on any atom is 0.182 e. The molecule has 0 aliphatic rings. The van der Waals surface area contributed by atoms with Crippen molar-refractivity contribution < 1.29 is 0 Å². The van der Waals surface area contributed by atoms with Crippen molar-refractivity contribution in [3.8, 4) is 0 Å². The first-order valence-corrected chi connectivity index (χ1v) is 7.41. The number of aryl methyl sites for hydroxylation is 1. The van der Waals surface area contributed by atoms with Gasteiger partial charge >= 0.3 is 0 Å². The van der Waals surface area contributed by atoms with Crippen LogP contribution in [0.15, 0.2) is 58.9 Å². The number of hydrogen-bond acceptors (Lipinski definition) is 3. The summed E-state index contributed by atoms with van der Waals surface area (Å²) in [5, 5.41) is 8.73. The lowest BCUT2D eigenvalue weighted by atomic mass is 9.87. The van der Waals surface area contributed by atoms with Crippen LogP contribution in [-0.4, -0.2) is 9.38 Å². The smallest absolute Gasteiger partial charge is 0.182 e. The van der Waals surface area contributed by atoms with Crippen LogP contribution in [0.25, 0.3) is 5.65 Å². The summed E-state index contributed by atoms with van der Waals surface area (Å²) in [5.41, 5.74) is 4.04. The van der Waals surface area contributed by atoms with Crippen LogP contribution in [0, 0.1) is 6.92 Å². The molecular formula is C18H20N4. The Morgan fingerprint density at radius 1 is 0.955 bits per heavy atom. The SMILES string of the molecule is Cc1nc2ccccn2c1N=Nc1ccc(C(C)(C)C)cc1. The third-order valence-corrected chi connectivity index (χ3v) is 3.67. The summed E-state index contributed by atoms with van der Waals surface area (Å²) in [7, 11) is 0. The number of rotatable bonds is 2. The third kappa shape index (κ3) is 2.77. The zero-order valence-electron chi connectivity index (χ0n) is 13.4. The van der Waals surface area contributed by atoms with Gasteiger partial charge in [0.1, 0.15) is 5.65 Å². The van der Waals surface area contributed by atoms with Crippen LogP contribution in [-0.2, 0) is 5.41 Å². The van der Waals surface area contributed by atoms with Crippen molar-refractivity contribution in [3.05, 3.63) is 59.9 Å². The summed E-state index contributed by atoms with van der Waals surface area (Å²) >= 11 is 0. The third-order valence-electron chi connectivity index (χ3n) is 3.67. The molecule has 112 valence electrons. The van der Waals surface area contributed by atoms with Crippen LogP contribution in [0.5, 0.6) is 0 Å². The first-order chi connectivity index (χ1) is 10.4. The van der Waals surface area contributed by atoms with E-state index in [1.807, 2.05) is 47.9 Å². The minimum absolute atomic E-state index is 0.147. The lowest BCUT2D eigenvalue weighted by Gasteiger charge is -2.18. The Bertz CT molecular complexity index is 820. The second-order valence-electron chi connectivity index (χ2n) is 6.45. The van der Waals surface area contributed by atoms with Gasteiger partial charge in [-0.25, -0.2) is 4.98 Å². The van der Waals surface area contributed by atoms with Gasteiger partial charge in [0.25, 0.3) is 0 Å². The molecule has 4 nitrogen and oxygen atoms in total. The predicted molar refractivity (Wildman–Crippen MR) is 89.2 cm³/mol. The van der Waals surface area contributed by atoms with Crippen LogP contribution in [0.1, 0.15) is 32.0 Å². The van der Waals surface area contributed by atoms with Gasteiger partial charge < -0.3 is 0 Å². The highest BCUT2D eigenvalue weighted by Gasteiger charge is 2.12. The lowest BCUT2D eigenvalue weighted by molar-refractivity contribution is 0.590. The summed E-state index contributed by atoms with van der Waals surface area (Å²) in [6.07, 6.45) is 1.95. The Morgan fingerprint density at radius 2 is 1.68 bits per heavy atom. The predicted octanol–water partition coefficient (Wildman–Crippen LogP) is 5.36. The van der Waals surface area contributed by atoms with Crippen molar-refractivity contribution >= 4 is 17.2 Å². The van der Waals surface area contributed by atoms with Gasteiger partial charge in [0.15, 0.2) is 5.82 Å². The molecule has 0 saturated carbocycles. The Kier molecular flexibility index (Phi) is 3.53. The summed E-state index contributed by atoms with van der Waals surface area (Å²) in [6, 6.07) is 14.1. The van der Waals surface area contributed by atoms with E-state index in [4.69, 9.17) is 0 Å². The van der Waals surface area contributed by atoms with Crippen LogP contribution in [0.4, 0.5) is 11.5 Å². The first-order valence-electron chi connectivity index (χ1n) is 7.41. The van der Waals surface area contributed by atoms with Gasteiger partial charge in [-0.3, -0.25) is 4.40 Å². The highest BCUT2D eigenvalue weighted by Crippen LogP contribution is 2.26. The van der Waals surface area contributed by atoms with Crippen LogP contribution < -0.4 is 0 Å². The fourth-order valence-electron chi connectivity index (χ4n) is 2.35. The molecule has 3 rings (SSSR count). The monoisotopic (exact) mass is 292 g/mol. The normalized spacial score (nSPS) is 12.4. The molecule has 0 saturated heterocycles. The molecule has 0 N–H and O–H groups in total. The summed E-state index contributed by atoms with van der Waals surface area (Å²) in [5.74, 6) is 0.774. The number of imidazole rings is 1. The van der Waals surface area contributed by atoms with Crippen molar-refractivity contribution in [2.75, 3.05) is 0 Å². The minimum atomic E-state index is 0.147. The van der Waals surface area contributed by atoms with E-state index < -0.39 is 0 Å². The number of hydrogen-bond donors (Lipinski definition) is 0. The van der Waals surface area contributed by atoms with E-state index in [-0.39, 0.29) is 5.41 Å². The fourth-order valence-corrected chi connectivity index (χ4v) is 2.35. The zero-order valence-corrected chi connectivity index (χ0v) is 13.4. The van der Waals surface area contributed by atoms with Gasteiger partial charge in [0.2, 0.25) is 0 Å². The molecule has 0 amide bonds. The Balaban J connectivity index is 1.91. The van der Waals surface area contributed by atoms with E-state index >= 15 is 0 Å². The van der Waals surface area contributed by atoms with Crippen molar-refractivity contribution in [2.24, 2.45) is 10.2 Å². The van der Waals surface area contributed by atoms with E-state index in [2.05, 4.69) is 48.1 Å². The lowest BCUT2D eigenvalue weighted by Crippen LogP contribution is -2.10. The minimum Gasteiger partial charge on any atom is -0.283 e. The second-order valence-corrected chi connectivity index (χ2v) is 6.45. The van der Waals surface area contributed by atoms with Gasteiger partial charge in [-0.1, -0.05) is 39.0 Å². The molecule has 0 fully saturated rings. The molecule has 3 aromatic rings. The molecule has 0 spiro atoms. The average molecular weight is 292 g/mol. The second kappa shape index (κ2) is 5.37. The largest absolute Gasteiger partial charge is 0.283 e. The van der Waals surface area contributed by atoms with E-state index in [0.29, 0.717) is 0 Å². The van der Waals surface area contributed by atoms with Gasteiger partial charge in [0.05, 0.1) is 11.4 Å². The van der Waals surface area contributed by atoms with E-state index in [1.54, 1.807) is 0 Å². The van der Waals surface area contributed by atoms with Crippen molar-refractivity contribution in [3.63, 3.8) is 0 Å². The molecule has 0 radical (unpaired) electrons. The first kappa shape index (κ1) is 14.4. The molecule has 22 heavy (non-hydrogen) atoms. The van der Waals surface area contributed by atoms with Gasteiger partial charge in [-0.05, 0) is 42.2 Å². The number of benzene rings is 1. The molecule has 0 atom stereocenters. The Morgan fingerprint density at radius 3 is 2.36 bits per heavy atom. The summed E-state index contributed by atoms with van der Waals surface area (Å²) < 4.78 is 1.95. The average Bonchev–Trinajstić information content (AvgIpc) is 2.80. The number of aromatic nitrogens is 2. The molecule has 0 aliphatic carbocycles. The van der Waals surface area contributed by atoms with Gasteiger partial charge in [0, 0.05) is 6.20 Å². The zero-order chi connectivity index (χ0) is 15.7. The van der Waals surface area contributed by atoms with E-state index in [0.717, 1.165) is 22.8 Å². The highest BCUT2D eigenvalue weighted by molar-refractivity contribution is 5.51. The molecule has 2 aromatic heterocycles. The standard InChI is InChI=1S/C18H20N4/c1-13-17(22-12-6-5-7-16(22)19-13)21-20-15-10-8-14(9-11-15)18(2,3)4/h5-12H,1-4H3. The van der Waals surface area contributed by atoms with Crippen molar-refractivity contribution in [1.82, 2.24) is 9.38 Å². The molecule has 2 heterocycles. The highest BCUT2D eigenvalue weighted by atomic mass is 15.2.